The molecule has 0 unspecified atom stereocenters. The van der Waals surface area contributed by atoms with Crippen LogP contribution in [0.4, 0.5) is 11.6 Å². The predicted molar refractivity (Wildman–Crippen MR) is 95.9 cm³/mol. The van der Waals surface area contributed by atoms with E-state index in [2.05, 4.69) is 64.1 Å². The smallest absolute Gasteiger partial charge is 0.134 e. The lowest BCUT2D eigenvalue weighted by Gasteiger charge is -2.32. The third-order valence-electron chi connectivity index (χ3n) is 4.57. The van der Waals surface area contributed by atoms with E-state index in [-0.39, 0.29) is 0 Å². The first-order valence-corrected chi connectivity index (χ1v) is 8.47. The van der Waals surface area contributed by atoms with Gasteiger partial charge in [-0.3, -0.25) is 0 Å². The van der Waals surface area contributed by atoms with Gasteiger partial charge in [-0.05, 0) is 31.2 Å². The molecule has 1 fully saturated rings. The second kappa shape index (κ2) is 6.99. The minimum Gasteiger partial charge on any atom is -0.356 e. The van der Waals surface area contributed by atoms with Crippen molar-refractivity contribution in [3.63, 3.8) is 0 Å². The Morgan fingerprint density at radius 2 is 1.83 bits per heavy atom. The van der Waals surface area contributed by atoms with Crippen molar-refractivity contribution < 1.29 is 0 Å². The molecule has 4 heteroatoms. The second-order valence-corrected chi connectivity index (χ2v) is 6.64. The molecule has 1 aliphatic rings. The first-order valence-electron chi connectivity index (χ1n) is 8.47. The number of aryl methyl sites for hydroxylation is 1. The van der Waals surface area contributed by atoms with E-state index in [0.717, 1.165) is 43.0 Å². The molecule has 1 aromatic carbocycles. The van der Waals surface area contributed by atoms with Crippen molar-refractivity contribution in [3.05, 3.63) is 47.8 Å². The normalized spacial score (nSPS) is 15.7. The lowest BCUT2D eigenvalue weighted by atomic mass is 9.99. The van der Waals surface area contributed by atoms with Crippen LogP contribution in [0.25, 0.3) is 0 Å². The van der Waals surface area contributed by atoms with Gasteiger partial charge in [-0.2, -0.15) is 0 Å². The molecule has 2 aromatic rings. The molecule has 1 aromatic heterocycles. The fourth-order valence-corrected chi connectivity index (χ4v) is 3.07. The fourth-order valence-electron chi connectivity index (χ4n) is 3.07. The Labute approximate surface area is 139 Å². The minimum atomic E-state index is 0.828. The Bertz CT molecular complexity index is 633. The molecule has 122 valence electrons. The Morgan fingerprint density at radius 1 is 1.13 bits per heavy atom. The monoisotopic (exact) mass is 310 g/mol. The van der Waals surface area contributed by atoms with Gasteiger partial charge in [0.05, 0.1) is 0 Å². The average molecular weight is 310 g/mol. The summed E-state index contributed by atoms with van der Waals surface area (Å²) in [7, 11) is 2.09. The molecular weight excluding hydrogens is 284 g/mol. The van der Waals surface area contributed by atoms with Crippen molar-refractivity contribution in [3.8, 4) is 0 Å². The van der Waals surface area contributed by atoms with Crippen LogP contribution in [0, 0.1) is 12.8 Å². The van der Waals surface area contributed by atoms with Crippen molar-refractivity contribution in [1.82, 2.24) is 9.97 Å². The van der Waals surface area contributed by atoms with Crippen LogP contribution in [0.3, 0.4) is 0 Å². The minimum absolute atomic E-state index is 0.828. The summed E-state index contributed by atoms with van der Waals surface area (Å²) >= 11 is 0. The lowest BCUT2D eigenvalue weighted by Crippen LogP contribution is -2.33. The molecule has 1 aliphatic heterocycles. The number of hydrogen-bond acceptors (Lipinski definition) is 4. The van der Waals surface area contributed by atoms with Gasteiger partial charge >= 0.3 is 0 Å². The third-order valence-corrected chi connectivity index (χ3v) is 4.57. The van der Waals surface area contributed by atoms with E-state index < -0.39 is 0 Å². The molecule has 4 nitrogen and oxygen atoms in total. The summed E-state index contributed by atoms with van der Waals surface area (Å²) in [5.74, 6) is 3.74. The summed E-state index contributed by atoms with van der Waals surface area (Å²) in [6.45, 7) is 7.37. The SMILES string of the molecule is Cc1nc(N(C)Cc2ccccc2)cc(N2CCC(C)CC2)n1. The van der Waals surface area contributed by atoms with E-state index in [1.807, 2.05) is 13.0 Å². The van der Waals surface area contributed by atoms with E-state index in [1.54, 1.807) is 0 Å². The summed E-state index contributed by atoms with van der Waals surface area (Å²) in [5.41, 5.74) is 1.29. The van der Waals surface area contributed by atoms with Crippen LogP contribution in [0.15, 0.2) is 36.4 Å². The van der Waals surface area contributed by atoms with E-state index in [1.165, 1.54) is 18.4 Å². The van der Waals surface area contributed by atoms with Crippen molar-refractivity contribution in [2.45, 2.75) is 33.2 Å². The van der Waals surface area contributed by atoms with Crippen LogP contribution < -0.4 is 9.80 Å². The number of piperidine rings is 1. The highest BCUT2D eigenvalue weighted by molar-refractivity contribution is 5.51. The summed E-state index contributed by atoms with van der Waals surface area (Å²) in [6.07, 6.45) is 2.50. The van der Waals surface area contributed by atoms with Gasteiger partial charge in [0, 0.05) is 32.7 Å². The first kappa shape index (κ1) is 15.8. The van der Waals surface area contributed by atoms with Crippen molar-refractivity contribution in [2.24, 2.45) is 5.92 Å². The van der Waals surface area contributed by atoms with E-state index >= 15 is 0 Å². The molecule has 0 saturated carbocycles. The third kappa shape index (κ3) is 4.01. The quantitative estimate of drug-likeness (QED) is 0.863. The molecule has 0 bridgehead atoms. The zero-order valence-corrected chi connectivity index (χ0v) is 14.4. The van der Waals surface area contributed by atoms with Gasteiger partial charge < -0.3 is 9.80 Å². The molecule has 0 aliphatic carbocycles. The zero-order valence-electron chi connectivity index (χ0n) is 14.4. The second-order valence-electron chi connectivity index (χ2n) is 6.64. The largest absolute Gasteiger partial charge is 0.356 e. The molecule has 0 amide bonds. The molecule has 1 saturated heterocycles. The van der Waals surface area contributed by atoms with Crippen LogP contribution in [0.2, 0.25) is 0 Å². The summed E-state index contributed by atoms with van der Waals surface area (Å²) in [4.78, 5) is 13.9. The van der Waals surface area contributed by atoms with Crippen LogP contribution in [0.1, 0.15) is 31.2 Å². The Morgan fingerprint density at radius 3 is 2.52 bits per heavy atom. The maximum absolute atomic E-state index is 4.66. The summed E-state index contributed by atoms with van der Waals surface area (Å²) in [5, 5.41) is 0. The van der Waals surface area contributed by atoms with E-state index in [9.17, 15) is 0 Å². The summed E-state index contributed by atoms with van der Waals surface area (Å²) < 4.78 is 0. The van der Waals surface area contributed by atoms with Crippen LogP contribution in [-0.2, 0) is 6.54 Å². The van der Waals surface area contributed by atoms with Gasteiger partial charge in [-0.25, -0.2) is 9.97 Å². The van der Waals surface area contributed by atoms with Crippen LogP contribution >= 0.6 is 0 Å². The zero-order chi connectivity index (χ0) is 16.2. The topological polar surface area (TPSA) is 32.3 Å². The average Bonchev–Trinajstić information content (AvgIpc) is 2.56. The van der Waals surface area contributed by atoms with Gasteiger partial charge in [-0.15, -0.1) is 0 Å². The number of aromatic nitrogens is 2. The van der Waals surface area contributed by atoms with E-state index in [4.69, 9.17) is 0 Å². The summed E-state index contributed by atoms with van der Waals surface area (Å²) in [6, 6.07) is 12.6. The molecule has 0 atom stereocenters. The van der Waals surface area contributed by atoms with Gasteiger partial charge in [-0.1, -0.05) is 37.3 Å². The van der Waals surface area contributed by atoms with Crippen LogP contribution in [0.5, 0.6) is 0 Å². The molecule has 3 rings (SSSR count). The maximum Gasteiger partial charge on any atom is 0.134 e. The fraction of sp³-hybridized carbons (Fsp3) is 0.474. The molecule has 0 spiro atoms. The number of hydrogen-bond donors (Lipinski definition) is 0. The van der Waals surface area contributed by atoms with Gasteiger partial charge in [0.25, 0.3) is 0 Å². The molecular formula is C19H26N4. The first-order chi connectivity index (χ1) is 11.1. The predicted octanol–water partition coefficient (Wildman–Crippen LogP) is 3.66. The standard InChI is InChI=1S/C19H26N4/c1-15-9-11-23(12-10-15)19-13-18(20-16(2)21-19)22(3)14-17-7-5-4-6-8-17/h4-8,13,15H,9-12,14H2,1-3H3. The van der Waals surface area contributed by atoms with Gasteiger partial charge in [0.2, 0.25) is 0 Å². The molecule has 2 heterocycles. The highest BCUT2D eigenvalue weighted by atomic mass is 15.2. The Balaban J connectivity index is 1.77. The van der Waals surface area contributed by atoms with Crippen molar-refractivity contribution >= 4 is 11.6 Å². The van der Waals surface area contributed by atoms with Gasteiger partial charge in [0.1, 0.15) is 17.5 Å². The van der Waals surface area contributed by atoms with Crippen molar-refractivity contribution in [2.75, 3.05) is 29.9 Å². The van der Waals surface area contributed by atoms with Crippen molar-refractivity contribution in [1.29, 1.82) is 0 Å². The Kier molecular flexibility index (Phi) is 4.79. The molecule has 0 radical (unpaired) electrons. The highest BCUT2D eigenvalue weighted by Crippen LogP contribution is 2.24. The number of nitrogens with zero attached hydrogens (tertiary/aromatic N) is 4. The van der Waals surface area contributed by atoms with Crippen LogP contribution in [-0.4, -0.2) is 30.1 Å². The maximum atomic E-state index is 4.66. The highest BCUT2D eigenvalue weighted by Gasteiger charge is 2.18. The van der Waals surface area contributed by atoms with Gasteiger partial charge in [0.15, 0.2) is 0 Å². The number of rotatable bonds is 4. The number of benzene rings is 1. The van der Waals surface area contributed by atoms with E-state index in [0.29, 0.717) is 0 Å². The number of anilines is 2. The lowest BCUT2D eigenvalue weighted by molar-refractivity contribution is 0.436. The molecule has 23 heavy (non-hydrogen) atoms. The molecule has 0 N–H and O–H groups in total. The Hall–Kier alpha value is -2.10.